The van der Waals surface area contributed by atoms with Gasteiger partial charge in [-0.15, -0.1) is 0 Å². The molecule has 0 atom stereocenters. The number of hydrogen-bond donors (Lipinski definition) is 1. The van der Waals surface area contributed by atoms with E-state index in [1.807, 2.05) is 36.4 Å². The summed E-state index contributed by atoms with van der Waals surface area (Å²) >= 11 is 0. The van der Waals surface area contributed by atoms with Crippen LogP contribution >= 0.6 is 0 Å². The fraction of sp³-hybridized carbons (Fsp3) is 0.280. The molecule has 3 aromatic heterocycles. The maximum atomic E-state index is 13.8. The predicted molar refractivity (Wildman–Crippen MR) is 124 cm³/mol. The predicted octanol–water partition coefficient (Wildman–Crippen LogP) is 4.37. The van der Waals surface area contributed by atoms with E-state index in [1.54, 1.807) is 12.4 Å². The van der Waals surface area contributed by atoms with Crippen molar-refractivity contribution in [2.75, 3.05) is 24.5 Å². The SMILES string of the molecule is Fc1cc(-c2nc3ccccc3cc2CNCC2CCN(c3ncccn3)CC2)cc(F)n1. The molecule has 0 saturated carbocycles. The topological polar surface area (TPSA) is 66.8 Å². The van der Waals surface area contributed by atoms with E-state index < -0.39 is 11.9 Å². The number of piperidine rings is 1. The van der Waals surface area contributed by atoms with Gasteiger partial charge in [-0.25, -0.2) is 15.0 Å². The van der Waals surface area contributed by atoms with E-state index >= 15 is 0 Å². The normalized spacial score (nSPS) is 14.7. The van der Waals surface area contributed by atoms with Gasteiger partial charge in [-0.3, -0.25) is 0 Å². The van der Waals surface area contributed by atoms with E-state index in [4.69, 9.17) is 4.98 Å². The molecule has 1 aromatic carbocycles. The Hall–Kier alpha value is -3.52. The second kappa shape index (κ2) is 9.54. The lowest BCUT2D eigenvalue weighted by atomic mass is 9.96. The number of para-hydroxylation sites is 1. The maximum Gasteiger partial charge on any atom is 0.225 e. The van der Waals surface area contributed by atoms with Crippen LogP contribution in [-0.2, 0) is 6.54 Å². The highest BCUT2D eigenvalue weighted by Gasteiger charge is 2.21. The van der Waals surface area contributed by atoms with Crippen LogP contribution in [0.1, 0.15) is 18.4 Å². The summed E-state index contributed by atoms with van der Waals surface area (Å²) in [6.07, 6.45) is 5.64. The second-order valence-electron chi connectivity index (χ2n) is 8.30. The number of fused-ring (bicyclic) bond motifs is 1. The molecule has 1 saturated heterocycles. The molecule has 1 aliphatic heterocycles. The second-order valence-corrected chi connectivity index (χ2v) is 8.30. The first kappa shape index (κ1) is 21.3. The molecule has 1 fully saturated rings. The molecule has 0 amide bonds. The van der Waals surface area contributed by atoms with Crippen molar-refractivity contribution in [1.29, 1.82) is 0 Å². The Morgan fingerprint density at radius 3 is 2.39 bits per heavy atom. The van der Waals surface area contributed by atoms with Gasteiger partial charge in [-0.1, -0.05) is 18.2 Å². The average Bonchev–Trinajstić information content (AvgIpc) is 2.84. The number of anilines is 1. The highest BCUT2D eigenvalue weighted by atomic mass is 19.1. The van der Waals surface area contributed by atoms with E-state index in [9.17, 15) is 8.78 Å². The summed E-state index contributed by atoms with van der Waals surface area (Å²) in [7, 11) is 0. The summed E-state index contributed by atoms with van der Waals surface area (Å²) in [5.74, 6) is -0.383. The molecule has 0 spiro atoms. The van der Waals surface area contributed by atoms with Crippen molar-refractivity contribution in [1.82, 2.24) is 25.3 Å². The lowest BCUT2D eigenvalue weighted by Gasteiger charge is -2.32. The Bertz CT molecular complexity index is 1220. The summed E-state index contributed by atoms with van der Waals surface area (Å²) < 4.78 is 27.6. The molecule has 6 nitrogen and oxygen atoms in total. The summed E-state index contributed by atoms with van der Waals surface area (Å²) in [6, 6.07) is 14.1. The number of aromatic nitrogens is 4. The zero-order valence-corrected chi connectivity index (χ0v) is 18.1. The van der Waals surface area contributed by atoms with Crippen molar-refractivity contribution >= 4 is 16.9 Å². The quantitative estimate of drug-likeness (QED) is 0.444. The molecule has 5 rings (SSSR count). The average molecular weight is 447 g/mol. The third-order valence-corrected chi connectivity index (χ3v) is 6.04. The van der Waals surface area contributed by atoms with Crippen LogP contribution in [0.15, 0.2) is 60.9 Å². The van der Waals surface area contributed by atoms with E-state index in [1.165, 1.54) is 12.1 Å². The number of nitrogens with one attached hydrogen (secondary N) is 1. The molecule has 4 aromatic rings. The highest BCUT2D eigenvalue weighted by Crippen LogP contribution is 2.27. The number of benzene rings is 1. The van der Waals surface area contributed by atoms with Gasteiger partial charge in [0, 0.05) is 55.1 Å². The highest BCUT2D eigenvalue weighted by molar-refractivity contribution is 5.83. The first-order valence-electron chi connectivity index (χ1n) is 11.1. The largest absolute Gasteiger partial charge is 0.341 e. The minimum atomic E-state index is -0.854. The number of halogens is 2. The maximum absolute atomic E-state index is 13.8. The molecular weight excluding hydrogens is 422 g/mol. The van der Waals surface area contributed by atoms with E-state index in [0.29, 0.717) is 23.7 Å². The first-order chi connectivity index (χ1) is 16.2. The smallest absolute Gasteiger partial charge is 0.225 e. The molecule has 0 radical (unpaired) electrons. The zero-order chi connectivity index (χ0) is 22.6. The molecule has 4 heterocycles. The first-order valence-corrected chi connectivity index (χ1v) is 11.1. The van der Waals surface area contributed by atoms with Crippen LogP contribution < -0.4 is 10.2 Å². The van der Waals surface area contributed by atoms with Crippen molar-refractivity contribution in [3.8, 4) is 11.3 Å². The van der Waals surface area contributed by atoms with Gasteiger partial charge < -0.3 is 10.2 Å². The molecule has 8 heteroatoms. The molecule has 33 heavy (non-hydrogen) atoms. The third-order valence-electron chi connectivity index (χ3n) is 6.04. The van der Waals surface area contributed by atoms with Gasteiger partial charge in [0.2, 0.25) is 17.8 Å². The molecule has 1 aliphatic rings. The van der Waals surface area contributed by atoms with Gasteiger partial charge in [0.1, 0.15) is 0 Å². The van der Waals surface area contributed by atoms with Crippen LogP contribution in [0.4, 0.5) is 14.7 Å². The lowest BCUT2D eigenvalue weighted by Crippen LogP contribution is -2.38. The standard InChI is InChI=1S/C25H24F2N6/c26-22-13-19(14-23(27)32-22)24-20(12-18-4-1-2-5-21(18)31-24)16-28-15-17-6-10-33(11-7-17)25-29-8-3-9-30-25/h1-5,8-9,12-14,17,28H,6-7,10-11,15-16H2. The van der Waals surface area contributed by atoms with Crippen LogP contribution in [0.3, 0.4) is 0 Å². The molecule has 1 N–H and O–H groups in total. The van der Waals surface area contributed by atoms with Gasteiger partial charge in [0.05, 0.1) is 11.2 Å². The number of pyridine rings is 2. The molecule has 0 unspecified atom stereocenters. The van der Waals surface area contributed by atoms with Gasteiger partial charge in [0.15, 0.2) is 0 Å². The van der Waals surface area contributed by atoms with Crippen molar-refractivity contribution in [2.45, 2.75) is 19.4 Å². The van der Waals surface area contributed by atoms with Crippen molar-refractivity contribution in [3.63, 3.8) is 0 Å². The van der Waals surface area contributed by atoms with Gasteiger partial charge in [0.25, 0.3) is 0 Å². The summed E-state index contributed by atoms with van der Waals surface area (Å²) in [5, 5.41) is 4.53. The molecule has 168 valence electrons. The minimum absolute atomic E-state index is 0.388. The summed E-state index contributed by atoms with van der Waals surface area (Å²) in [4.78, 5) is 18.8. The lowest BCUT2D eigenvalue weighted by molar-refractivity contribution is 0.380. The van der Waals surface area contributed by atoms with Gasteiger partial charge in [-0.2, -0.15) is 13.8 Å². The number of nitrogens with zero attached hydrogens (tertiary/aromatic N) is 5. The Kier molecular flexibility index (Phi) is 6.17. The van der Waals surface area contributed by atoms with E-state index in [-0.39, 0.29) is 0 Å². The Morgan fingerprint density at radius 2 is 1.64 bits per heavy atom. The summed E-state index contributed by atoms with van der Waals surface area (Å²) in [5.41, 5.74) is 2.63. The van der Waals surface area contributed by atoms with Crippen LogP contribution in [0, 0.1) is 17.8 Å². The van der Waals surface area contributed by atoms with Crippen molar-refractivity contribution in [2.24, 2.45) is 5.92 Å². The third kappa shape index (κ3) is 4.96. The monoisotopic (exact) mass is 446 g/mol. The van der Waals surface area contributed by atoms with Crippen LogP contribution in [0.25, 0.3) is 22.2 Å². The fourth-order valence-electron chi connectivity index (χ4n) is 4.35. The minimum Gasteiger partial charge on any atom is -0.341 e. The summed E-state index contributed by atoms with van der Waals surface area (Å²) in [6.45, 7) is 3.26. The van der Waals surface area contributed by atoms with E-state index in [2.05, 4.69) is 25.2 Å². The van der Waals surface area contributed by atoms with Gasteiger partial charge >= 0.3 is 0 Å². The zero-order valence-electron chi connectivity index (χ0n) is 18.1. The van der Waals surface area contributed by atoms with Crippen molar-refractivity contribution < 1.29 is 8.78 Å². The number of rotatable bonds is 6. The van der Waals surface area contributed by atoms with Crippen LogP contribution in [0.2, 0.25) is 0 Å². The fourth-order valence-corrected chi connectivity index (χ4v) is 4.35. The Balaban J connectivity index is 1.29. The van der Waals surface area contributed by atoms with Crippen LogP contribution in [0.5, 0.6) is 0 Å². The molecule has 0 bridgehead atoms. The van der Waals surface area contributed by atoms with Gasteiger partial charge in [-0.05, 0) is 49.1 Å². The van der Waals surface area contributed by atoms with Crippen LogP contribution in [-0.4, -0.2) is 39.6 Å². The van der Waals surface area contributed by atoms with Crippen molar-refractivity contribution in [3.05, 3.63) is 78.4 Å². The Labute approximate surface area is 190 Å². The van der Waals surface area contributed by atoms with E-state index in [0.717, 1.165) is 54.9 Å². The Morgan fingerprint density at radius 1 is 0.909 bits per heavy atom. The molecule has 0 aliphatic carbocycles. The molecular formula is C25H24F2N6. The number of hydrogen-bond acceptors (Lipinski definition) is 6.